The van der Waals surface area contributed by atoms with Crippen LogP contribution in [0, 0.1) is 0 Å². The Morgan fingerprint density at radius 2 is 2.25 bits per heavy atom. The van der Waals surface area contributed by atoms with E-state index < -0.39 is 11.7 Å². The quantitative estimate of drug-likeness (QED) is 0.716. The Hall–Kier alpha value is -1.14. The van der Waals surface area contributed by atoms with Gasteiger partial charge in [0.25, 0.3) is 0 Å². The molecule has 0 spiro atoms. The summed E-state index contributed by atoms with van der Waals surface area (Å²) in [5, 5.41) is 9.56. The monoisotopic (exact) mass is 230 g/mol. The van der Waals surface area contributed by atoms with Crippen molar-refractivity contribution in [3.05, 3.63) is 0 Å². The largest absolute Gasteiger partial charge is 0.447 e. The van der Waals surface area contributed by atoms with Gasteiger partial charge in [0, 0.05) is 6.54 Å². The predicted molar refractivity (Wildman–Crippen MR) is 56.9 cm³/mol. The van der Waals surface area contributed by atoms with E-state index in [0.29, 0.717) is 13.1 Å². The lowest BCUT2D eigenvalue weighted by atomic mass is 10.1. The van der Waals surface area contributed by atoms with Gasteiger partial charge in [0.2, 0.25) is 5.91 Å². The van der Waals surface area contributed by atoms with Gasteiger partial charge >= 0.3 is 6.09 Å². The second-order valence-corrected chi connectivity index (χ2v) is 4.64. The van der Waals surface area contributed by atoms with Crippen molar-refractivity contribution in [1.82, 2.24) is 9.80 Å². The Bertz CT molecular complexity index is 285. The Labute approximate surface area is 94.8 Å². The molecule has 0 aromatic heterocycles. The molecule has 0 unspecified atom stereocenters. The molecule has 0 atom stereocenters. The molecule has 0 aromatic rings. The summed E-state index contributed by atoms with van der Waals surface area (Å²) in [6, 6.07) is 0. The van der Waals surface area contributed by atoms with Crippen LogP contribution >= 0.6 is 0 Å². The fourth-order valence-corrected chi connectivity index (χ4v) is 1.65. The first kappa shape index (κ1) is 12.9. The van der Waals surface area contributed by atoms with E-state index in [9.17, 15) is 14.7 Å². The molecule has 1 N–H and O–H groups in total. The maximum atomic E-state index is 11.7. The topological polar surface area (TPSA) is 70.1 Å². The lowest BCUT2D eigenvalue weighted by Gasteiger charge is -2.25. The van der Waals surface area contributed by atoms with Crippen LogP contribution in [0.15, 0.2) is 0 Å². The maximum absolute atomic E-state index is 11.7. The summed E-state index contributed by atoms with van der Waals surface area (Å²) in [5.74, 6) is -0.297. The molecule has 6 nitrogen and oxygen atoms in total. The Morgan fingerprint density at radius 3 is 2.69 bits per heavy atom. The molecule has 92 valence electrons. The highest BCUT2D eigenvalue weighted by Gasteiger charge is 2.29. The lowest BCUT2D eigenvalue weighted by Crippen LogP contribution is -2.43. The van der Waals surface area contributed by atoms with E-state index in [-0.39, 0.29) is 19.1 Å². The van der Waals surface area contributed by atoms with E-state index in [2.05, 4.69) is 4.74 Å². The van der Waals surface area contributed by atoms with Crippen LogP contribution in [-0.4, -0.2) is 65.8 Å². The zero-order valence-electron chi connectivity index (χ0n) is 9.89. The van der Waals surface area contributed by atoms with Gasteiger partial charge in [-0.2, -0.15) is 0 Å². The van der Waals surface area contributed by atoms with Crippen LogP contribution in [0.2, 0.25) is 0 Å². The van der Waals surface area contributed by atoms with Crippen LogP contribution in [0.5, 0.6) is 0 Å². The molecule has 0 radical (unpaired) electrons. The molecule has 0 saturated carbocycles. The highest BCUT2D eigenvalue weighted by molar-refractivity contribution is 5.93. The van der Waals surface area contributed by atoms with E-state index in [4.69, 9.17) is 0 Å². The molecular formula is C10H18N2O4. The fourth-order valence-electron chi connectivity index (χ4n) is 1.65. The Balaban J connectivity index is 2.42. The molecule has 1 fully saturated rings. The second-order valence-electron chi connectivity index (χ2n) is 4.64. The molecule has 1 rings (SSSR count). The number of likely N-dealkylation sites (N-methyl/N-ethyl adjacent to an activating group) is 1. The number of hydrogen-bond acceptors (Lipinski definition) is 5. The first-order chi connectivity index (χ1) is 7.29. The normalized spacial score (nSPS) is 16.8. The zero-order chi connectivity index (χ0) is 12.3. The molecule has 2 amide bonds. The minimum Gasteiger partial charge on any atom is -0.447 e. The Morgan fingerprint density at radius 1 is 1.62 bits per heavy atom. The average molecular weight is 230 g/mol. The SMILES string of the molecule is CN(CC(=O)N1CCOC1=O)CC(C)(C)O. The summed E-state index contributed by atoms with van der Waals surface area (Å²) in [6.07, 6.45) is -0.582. The second kappa shape index (κ2) is 4.80. The standard InChI is InChI=1S/C10H18N2O4/c1-10(2,15)7-11(3)6-8(13)12-4-5-16-9(12)14/h15H,4-7H2,1-3H3. The molecule has 16 heavy (non-hydrogen) atoms. The molecule has 1 aliphatic heterocycles. The van der Waals surface area contributed by atoms with E-state index >= 15 is 0 Å². The Kier molecular flexibility index (Phi) is 3.88. The van der Waals surface area contributed by atoms with Gasteiger partial charge in [0.15, 0.2) is 0 Å². The molecule has 1 saturated heterocycles. The minimum atomic E-state index is -0.861. The van der Waals surface area contributed by atoms with Gasteiger partial charge in [0.05, 0.1) is 18.7 Å². The van der Waals surface area contributed by atoms with Crippen LogP contribution in [0.3, 0.4) is 0 Å². The van der Waals surface area contributed by atoms with Crippen molar-refractivity contribution >= 4 is 12.0 Å². The third kappa shape index (κ3) is 3.79. The van der Waals surface area contributed by atoms with E-state index in [1.54, 1.807) is 25.8 Å². The van der Waals surface area contributed by atoms with Gasteiger partial charge in [-0.1, -0.05) is 0 Å². The van der Waals surface area contributed by atoms with Gasteiger partial charge in [-0.3, -0.25) is 9.69 Å². The smallest absolute Gasteiger partial charge is 0.416 e. The predicted octanol–water partition coefficient (Wildman–Crippen LogP) is -0.332. The van der Waals surface area contributed by atoms with Crippen LogP contribution in [0.1, 0.15) is 13.8 Å². The van der Waals surface area contributed by atoms with Crippen molar-refractivity contribution in [2.45, 2.75) is 19.4 Å². The summed E-state index contributed by atoms with van der Waals surface area (Å²) in [7, 11) is 1.72. The number of cyclic esters (lactones) is 1. The molecule has 0 bridgehead atoms. The van der Waals surface area contributed by atoms with Gasteiger partial charge in [-0.25, -0.2) is 9.69 Å². The maximum Gasteiger partial charge on any atom is 0.416 e. The summed E-state index contributed by atoms with van der Waals surface area (Å²) in [5.41, 5.74) is -0.861. The van der Waals surface area contributed by atoms with Gasteiger partial charge in [0.1, 0.15) is 6.61 Å². The number of ether oxygens (including phenoxy) is 1. The number of amides is 2. The highest BCUT2D eigenvalue weighted by atomic mass is 16.6. The number of imide groups is 1. The van der Waals surface area contributed by atoms with E-state index in [1.807, 2.05) is 0 Å². The summed E-state index contributed by atoms with van der Waals surface area (Å²) in [4.78, 5) is 25.5. The number of aliphatic hydroxyl groups is 1. The van der Waals surface area contributed by atoms with E-state index in [0.717, 1.165) is 4.90 Å². The molecule has 0 aromatic carbocycles. The van der Waals surface area contributed by atoms with Gasteiger partial charge in [-0.15, -0.1) is 0 Å². The summed E-state index contributed by atoms with van der Waals surface area (Å²) < 4.78 is 4.67. The molecule has 1 aliphatic rings. The van der Waals surface area contributed by atoms with Gasteiger partial charge in [-0.05, 0) is 20.9 Å². The summed E-state index contributed by atoms with van der Waals surface area (Å²) in [6.45, 7) is 4.37. The average Bonchev–Trinajstić information content (AvgIpc) is 2.47. The molecular weight excluding hydrogens is 212 g/mol. The third-order valence-electron chi connectivity index (χ3n) is 2.12. The van der Waals surface area contributed by atoms with Crippen molar-refractivity contribution in [2.24, 2.45) is 0 Å². The lowest BCUT2D eigenvalue weighted by molar-refractivity contribution is -0.129. The van der Waals surface area contributed by atoms with Crippen LogP contribution in [0.4, 0.5) is 4.79 Å². The van der Waals surface area contributed by atoms with E-state index in [1.165, 1.54) is 0 Å². The minimum absolute atomic E-state index is 0.0963. The van der Waals surface area contributed by atoms with Gasteiger partial charge < -0.3 is 9.84 Å². The zero-order valence-corrected chi connectivity index (χ0v) is 9.89. The number of rotatable bonds is 4. The number of carbonyl (C=O) groups is 2. The van der Waals surface area contributed by atoms with Crippen molar-refractivity contribution in [3.8, 4) is 0 Å². The van der Waals surface area contributed by atoms with Crippen LogP contribution in [-0.2, 0) is 9.53 Å². The van der Waals surface area contributed by atoms with Crippen molar-refractivity contribution in [3.63, 3.8) is 0 Å². The van der Waals surface area contributed by atoms with Crippen molar-refractivity contribution in [2.75, 3.05) is 33.3 Å². The first-order valence-corrected chi connectivity index (χ1v) is 5.17. The molecule has 1 heterocycles. The first-order valence-electron chi connectivity index (χ1n) is 5.17. The van der Waals surface area contributed by atoms with Crippen molar-refractivity contribution < 1.29 is 19.4 Å². The van der Waals surface area contributed by atoms with Crippen LogP contribution < -0.4 is 0 Å². The number of carbonyl (C=O) groups excluding carboxylic acids is 2. The third-order valence-corrected chi connectivity index (χ3v) is 2.12. The number of nitrogens with zero attached hydrogens (tertiary/aromatic N) is 2. The number of hydrogen-bond donors (Lipinski definition) is 1. The molecule has 0 aliphatic carbocycles. The molecule has 6 heteroatoms. The summed E-state index contributed by atoms with van der Waals surface area (Å²) >= 11 is 0. The van der Waals surface area contributed by atoms with Crippen molar-refractivity contribution in [1.29, 1.82) is 0 Å². The highest BCUT2D eigenvalue weighted by Crippen LogP contribution is 2.06. The van der Waals surface area contributed by atoms with Crippen LogP contribution in [0.25, 0.3) is 0 Å². The fraction of sp³-hybridized carbons (Fsp3) is 0.800.